The first-order chi connectivity index (χ1) is 18.9. The highest BCUT2D eigenvalue weighted by molar-refractivity contribution is 5.97. The standard InChI is InChI=1S/C30H39N5O4/c1-22-19-35(23(2)21-36)30(38)26-17-24(10-11-25-9-5-6-13-31-25)18-32-29(26)39-27(22)20-33(3)28(37)12-16-34-14-7-4-8-15-34/h5-6,9,13,17-18,22-23,27,36H,4,7-8,12,14-16,19-21H2,1-3H3/t22-,23+,27-/m1/s1. The second kappa shape index (κ2) is 13.5. The average molecular weight is 534 g/mol. The third kappa shape index (κ3) is 7.55. The van der Waals surface area contributed by atoms with Crippen LogP contribution in [0.1, 0.15) is 61.1 Å². The number of likely N-dealkylation sites (N-methyl/N-ethyl adjacent to an activating group) is 1. The zero-order valence-corrected chi connectivity index (χ0v) is 23.2. The van der Waals surface area contributed by atoms with Gasteiger partial charge in [-0.1, -0.05) is 25.3 Å². The van der Waals surface area contributed by atoms with Crippen LogP contribution in [0.25, 0.3) is 0 Å². The molecule has 208 valence electrons. The quantitative estimate of drug-likeness (QED) is 0.546. The van der Waals surface area contributed by atoms with Crippen molar-refractivity contribution in [3.05, 3.63) is 53.5 Å². The molecule has 0 saturated carbocycles. The highest BCUT2D eigenvalue weighted by Gasteiger charge is 2.34. The van der Waals surface area contributed by atoms with Gasteiger partial charge in [-0.2, -0.15) is 0 Å². The van der Waals surface area contributed by atoms with Crippen LogP contribution in [0.4, 0.5) is 0 Å². The Morgan fingerprint density at radius 3 is 2.74 bits per heavy atom. The molecular weight excluding hydrogens is 494 g/mol. The lowest BCUT2D eigenvalue weighted by Gasteiger charge is -2.37. The largest absolute Gasteiger partial charge is 0.472 e. The minimum absolute atomic E-state index is 0.0726. The molecule has 9 nitrogen and oxygen atoms in total. The molecule has 0 bridgehead atoms. The van der Waals surface area contributed by atoms with Gasteiger partial charge in [0.1, 0.15) is 17.4 Å². The van der Waals surface area contributed by atoms with E-state index in [-0.39, 0.29) is 36.3 Å². The Hall–Kier alpha value is -3.48. The number of amides is 2. The Morgan fingerprint density at radius 2 is 2.03 bits per heavy atom. The van der Waals surface area contributed by atoms with Gasteiger partial charge in [0.2, 0.25) is 11.8 Å². The lowest BCUT2D eigenvalue weighted by Crippen LogP contribution is -2.50. The smallest absolute Gasteiger partial charge is 0.259 e. The Labute approximate surface area is 231 Å². The molecule has 1 saturated heterocycles. The van der Waals surface area contributed by atoms with E-state index in [0.29, 0.717) is 36.3 Å². The minimum atomic E-state index is -0.390. The van der Waals surface area contributed by atoms with Gasteiger partial charge < -0.3 is 24.5 Å². The van der Waals surface area contributed by atoms with Crippen molar-refractivity contribution >= 4 is 11.8 Å². The normalized spacial score (nSPS) is 20.5. The maximum absolute atomic E-state index is 13.6. The minimum Gasteiger partial charge on any atom is -0.472 e. The first-order valence-electron chi connectivity index (χ1n) is 13.8. The fourth-order valence-corrected chi connectivity index (χ4v) is 4.96. The summed E-state index contributed by atoms with van der Waals surface area (Å²) < 4.78 is 6.33. The Bertz CT molecular complexity index is 1190. The molecule has 3 atom stereocenters. The highest BCUT2D eigenvalue weighted by Crippen LogP contribution is 2.27. The second-order valence-electron chi connectivity index (χ2n) is 10.6. The molecule has 4 rings (SSSR count). The molecular formula is C30H39N5O4. The Balaban J connectivity index is 1.54. The van der Waals surface area contributed by atoms with Gasteiger partial charge in [0.05, 0.1) is 19.2 Å². The summed E-state index contributed by atoms with van der Waals surface area (Å²) in [6, 6.07) is 6.78. The predicted octanol–water partition coefficient (Wildman–Crippen LogP) is 2.43. The molecule has 0 radical (unpaired) electrons. The van der Waals surface area contributed by atoms with Crippen LogP contribution < -0.4 is 4.74 Å². The molecule has 1 N–H and O–H groups in total. The van der Waals surface area contributed by atoms with Crippen molar-refractivity contribution in [1.29, 1.82) is 0 Å². The number of ether oxygens (including phenoxy) is 1. The van der Waals surface area contributed by atoms with Crippen LogP contribution in [0.2, 0.25) is 0 Å². The number of likely N-dealkylation sites (tertiary alicyclic amines) is 1. The zero-order chi connectivity index (χ0) is 27.8. The molecule has 2 aromatic rings. The number of aromatic nitrogens is 2. The summed E-state index contributed by atoms with van der Waals surface area (Å²) in [6.07, 6.45) is 7.00. The first-order valence-corrected chi connectivity index (χ1v) is 13.8. The topological polar surface area (TPSA) is 99.1 Å². The number of nitrogens with zero attached hydrogens (tertiary/aromatic N) is 5. The van der Waals surface area contributed by atoms with Crippen LogP contribution in [0.15, 0.2) is 36.7 Å². The number of piperidine rings is 1. The van der Waals surface area contributed by atoms with Gasteiger partial charge >= 0.3 is 0 Å². The van der Waals surface area contributed by atoms with E-state index in [2.05, 4.69) is 26.7 Å². The fraction of sp³-hybridized carbons (Fsp3) is 0.533. The summed E-state index contributed by atoms with van der Waals surface area (Å²) >= 11 is 0. The number of carbonyl (C=O) groups excluding carboxylic acids is 2. The Kier molecular flexibility index (Phi) is 9.90. The van der Waals surface area contributed by atoms with Gasteiger partial charge in [-0.25, -0.2) is 9.97 Å². The van der Waals surface area contributed by atoms with Crippen LogP contribution in [-0.4, -0.2) is 100 Å². The average Bonchev–Trinajstić information content (AvgIpc) is 2.97. The number of aliphatic hydroxyl groups is 1. The van der Waals surface area contributed by atoms with Gasteiger partial charge in [0.15, 0.2) is 0 Å². The molecule has 9 heteroatoms. The Morgan fingerprint density at radius 1 is 1.23 bits per heavy atom. The summed E-state index contributed by atoms with van der Waals surface area (Å²) in [5, 5.41) is 9.89. The van der Waals surface area contributed by atoms with Gasteiger partial charge in [0.25, 0.3) is 5.91 Å². The molecule has 2 aliphatic rings. The van der Waals surface area contributed by atoms with E-state index in [1.54, 1.807) is 35.3 Å². The predicted molar refractivity (Wildman–Crippen MR) is 148 cm³/mol. The highest BCUT2D eigenvalue weighted by atomic mass is 16.5. The molecule has 0 aromatic carbocycles. The van der Waals surface area contributed by atoms with E-state index >= 15 is 0 Å². The van der Waals surface area contributed by atoms with Gasteiger partial charge in [0, 0.05) is 50.4 Å². The SMILES string of the molecule is C[C@@H]1CN([C@@H](C)CO)C(=O)c2cc(C#Cc3ccccn3)cnc2O[C@@H]1CN(C)C(=O)CCN1CCCCC1. The van der Waals surface area contributed by atoms with Crippen LogP contribution in [0.5, 0.6) is 5.88 Å². The maximum atomic E-state index is 13.6. The lowest BCUT2D eigenvalue weighted by molar-refractivity contribution is -0.131. The van der Waals surface area contributed by atoms with Crippen molar-refractivity contribution in [2.45, 2.75) is 51.7 Å². The molecule has 4 heterocycles. The van der Waals surface area contributed by atoms with Crippen molar-refractivity contribution in [3.8, 4) is 17.7 Å². The van der Waals surface area contributed by atoms with Crippen molar-refractivity contribution in [2.75, 3.05) is 46.4 Å². The summed E-state index contributed by atoms with van der Waals surface area (Å²) in [6.45, 7) is 7.29. The van der Waals surface area contributed by atoms with E-state index in [9.17, 15) is 14.7 Å². The van der Waals surface area contributed by atoms with Crippen molar-refractivity contribution in [2.24, 2.45) is 5.92 Å². The van der Waals surface area contributed by atoms with Crippen LogP contribution >= 0.6 is 0 Å². The summed E-state index contributed by atoms with van der Waals surface area (Å²) in [5.41, 5.74) is 1.46. The molecule has 1 fully saturated rings. The summed E-state index contributed by atoms with van der Waals surface area (Å²) in [5.74, 6) is 5.94. The van der Waals surface area contributed by atoms with Crippen LogP contribution in [0, 0.1) is 17.8 Å². The molecule has 2 aliphatic heterocycles. The van der Waals surface area contributed by atoms with E-state index in [4.69, 9.17) is 4.74 Å². The molecule has 39 heavy (non-hydrogen) atoms. The number of rotatable bonds is 7. The second-order valence-corrected chi connectivity index (χ2v) is 10.6. The van der Waals surface area contributed by atoms with E-state index in [1.165, 1.54) is 19.3 Å². The number of hydrogen-bond acceptors (Lipinski definition) is 7. The maximum Gasteiger partial charge on any atom is 0.259 e. The summed E-state index contributed by atoms with van der Waals surface area (Å²) in [4.78, 5) is 41.0. The number of aliphatic hydroxyl groups excluding tert-OH is 1. The van der Waals surface area contributed by atoms with Crippen LogP contribution in [-0.2, 0) is 4.79 Å². The van der Waals surface area contributed by atoms with Crippen LogP contribution in [0.3, 0.4) is 0 Å². The van der Waals surface area contributed by atoms with Crippen molar-refractivity contribution in [3.63, 3.8) is 0 Å². The molecule has 0 aliphatic carbocycles. The number of fused-ring (bicyclic) bond motifs is 1. The first kappa shape index (κ1) is 28.5. The summed E-state index contributed by atoms with van der Waals surface area (Å²) in [7, 11) is 1.80. The van der Waals surface area contributed by atoms with Gasteiger partial charge in [-0.15, -0.1) is 0 Å². The molecule has 2 amide bonds. The third-order valence-electron chi connectivity index (χ3n) is 7.49. The zero-order valence-electron chi connectivity index (χ0n) is 23.2. The lowest BCUT2D eigenvalue weighted by atomic mass is 9.99. The van der Waals surface area contributed by atoms with Gasteiger partial charge in [-0.3, -0.25) is 9.59 Å². The number of carbonyl (C=O) groups is 2. The molecule has 0 spiro atoms. The van der Waals surface area contributed by atoms with E-state index in [1.807, 2.05) is 32.0 Å². The number of pyridine rings is 2. The van der Waals surface area contributed by atoms with Crippen molar-refractivity contribution < 1.29 is 19.4 Å². The molecule has 2 aromatic heterocycles. The molecule has 0 unspecified atom stereocenters. The number of hydrogen-bond donors (Lipinski definition) is 1. The van der Waals surface area contributed by atoms with E-state index < -0.39 is 6.04 Å². The van der Waals surface area contributed by atoms with Gasteiger partial charge in [-0.05, 0) is 57.0 Å². The van der Waals surface area contributed by atoms with Crippen molar-refractivity contribution in [1.82, 2.24) is 24.7 Å². The monoisotopic (exact) mass is 533 g/mol. The fourth-order valence-electron chi connectivity index (χ4n) is 4.96. The van der Waals surface area contributed by atoms with E-state index in [0.717, 1.165) is 19.6 Å². The third-order valence-corrected chi connectivity index (χ3v) is 7.49.